The number of aliphatic carboxylic acids is 1. The predicted octanol–water partition coefficient (Wildman–Crippen LogP) is 1.88. The van der Waals surface area contributed by atoms with Crippen molar-refractivity contribution in [2.75, 3.05) is 18.6 Å². The van der Waals surface area contributed by atoms with Gasteiger partial charge in [0.1, 0.15) is 11.8 Å². The van der Waals surface area contributed by atoms with Gasteiger partial charge in [-0.3, -0.25) is 4.79 Å². The van der Waals surface area contributed by atoms with E-state index >= 15 is 0 Å². The zero-order valence-electron chi connectivity index (χ0n) is 11.9. The van der Waals surface area contributed by atoms with E-state index in [0.717, 1.165) is 5.56 Å². The molecule has 6 heteroatoms. The maximum absolute atomic E-state index is 12.4. The van der Waals surface area contributed by atoms with E-state index < -0.39 is 12.0 Å². The molecule has 1 unspecified atom stereocenters. The summed E-state index contributed by atoms with van der Waals surface area (Å²) in [5.41, 5.74) is 0.829. The van der Waals surface area contributed by atoms with Gasteiger partial charge in [0.15, 0.2) is 0 Å². The molecule has 114 valence electrons. The molecule has 0 aliphatic carbocycles. The number of fused-ring (bicyclic) bond motifs is 1. The van der Waals surface area contributed by atoms with Crippen LogP contribution in [0, 0.1) is 0 Å². The van der Waals surface area contributed by atoms with Crippen molar-refractivity contribution in [1.29, 1.82) is 0 Å². The minimum Gasteiger partial charge on any atom is -0.493 e. The first-order valence-electron chi connectivity index (χ1n) is 6.87. The van der Waals surface area contributed by atoms with E-state index in [1.54, 1.807) is 11.8 Å². The van der Waals surface area contributed by atoms with Crippen LogP contribution in [0.25, 0.3) is 0 Å². The summed E-state index contributed by atoms with van der Waals surface area (Å²) in [7, 11) is 0. The number of para-hydroxylation sites is 1. The molecule has 0 saturated heterocycles. The molecule has 1 aliphatic rings. The zero-order valence-corrected chi connectivity index (χ0v) is 12.7. The van der Waals surface area contributed by atoms with Crippen molar-refractivity contribution in [3.63, 3.8) is 0 Å². The number of carboxylic acids is 1. The summed E-state index contributed by atoms with van der Waals surface area (Å²) >= 11 is 1.56. The van der Waals surface area contributed by atoms with Gasteiger partial charge in [-0.15, -0.1) is 0 Å². The van der Waals surface area contributed by atoms with Crippen LogP contribution < -0.4 is 10.1 Å². The first-order chi connectivity index (χ1) is 10.1. The molecule has 2 rings (SSSR count). The van der Waals surface area contributed by atoms with Crippen molar-refractivity contribution < 1.29 is 19.4 Å². The molecule has 1 aromatic rings. The van der Waals surface area contributed by atoms with Crippen molar-refractivity contribution in [2.45, 2.75) is 24.8 Å². The number of carbonyl (C=O) groups excluding carboxylic acids is 1. The highest BCUT2D eigenvalue weighted by Gasteiger charge is 2.30. The van der Waals surface area contributed by atoms with E-state index in [-0.39, 0.29) is 11.8 Å². The van der Waals surface area contributed by atoms with Gasteiger partial charge in [0.05, 0.1) is 12.5 Å². The van der Waals surface area contributed by atoms with E-state index in [0.29, 0.717) is 31.0 Å². The molecule has 0 radical (unpaired) electrons. The number of nitrogens with one attached hydrogen (secondary N) is 1. The van der Waals surface area contributed by atoms with Gasteiger partial charge in [-0.2, -0.15) is 11.8 Å². The number of carbonyl (C=O) groups is 2. The first-order valence-corrected chi connectivity index (χ1v) is 8.26. The first kappa shape index (κ1) is 15.7. The second-order valence-electron chi connectivity index (χ2n) is 4.91. The molecule has 1 heterocycles. The molecule has 2 atom stereocenters. The summed E-state index contributed by atoms with van der Waals surface area (Å²) < 4.78 is 5.52. The Morgan fingerprint density at radius 2 is 2.24 bits per heavy atom. The fraction of sp³-hybridized carbons (Fsp3) is 0.467. The van der Waals surface area contributed by atoms with Crippen molar-refractivity contribution in [2.24, 2.45) is 0 Å². The third-order valence-electron chi connectivity index (χ3n) is 3.50. The summed E-state index contributed by atoms with van der Waals surface area (Å²) in [6.45, 7) is 0.470. The SMILES string of the molecule is CSCC[C@H](NC(=O)C1CCOc2ccccc21)C(=O)O. The minimum atomic E-state index is -0.988. The number of hydrogen-bond donors (Lipinski definition) is 2. The second kappa shape index (κ2) is 7.36. The Labute approximate surface area is 128 Å². The lowest BCUT2D eigenvalue weighted by Gasteiger charge is -2.26. The van der Waals surface area contributed by atoms with Crippen LogP contribution in [-0.4, -0.2) is 41.6 Å². The van der Waals surface area contributed by atoms with Crippen LogP contribution >= 0.6 is 11.8 Å². The topological polar surface area (TPSA) is 75.6 Å². The smallest absolute Gasteiger partial charge is 0.326 e. The number of rotatable bonds is 6. The Kier molecular flexibility index (Phi) is 5.50. The predicted molar refractivity (Wildman–Crippen MR) is 81.9 cm³/mol. The fourth-order valence-electron chi connectivity index (χ4n) is 2.38. The number of ether oxygens (including phenoxy) is 1. The Morgan fingerprint density at radius 1 is 1.48 bits per heavy atom. The van der Waals surface area contributed by atoms with Crippen LogP contribution in [0.5, 0.6) is 5.75 Å². The summed E-state index contributed by atoms with van der Waals surface area (Å²) in [6, 6.07) is 6.57. The van der Waals surface area contributed by atoms with Crippen LogP contribution in [0.15, 0.2) is 24.3 Å². The Bertz CT molecular complexity index is 520. The summed E-state index contributed by atoms with van der Waals surface area (Å²) in [5.74, 6) is -0.162. The molecule has 0 aromatic heterocycles. The van der Waals surface area contributed by atoms with Crippen molar-refractivity contribution in [3.8, 4) is 5.75 Å². The van der Waals surface area contributed by atoms with Crippen LogP contribution in [-0.2, 0) is 9.59 Å². The van der Waals surface area contributed by atoms with Gasteiger partial charge < -0.3 is 15.2 Å². The third kappa shape index (κ3) is 3.91. The number of carboxylic acid groups (broad SMARTS) is 1. The van der Waals surface area contributed by atoms with Gasteiger partial charge in [-0.25, -0.2) is 4.79 Å². The highest BCUT2D eigenvalue weighted by Crippen LogP contribution is 2.33. The van der Waals surface area contributed by atoms with E-state index in [9.17, 15) is 14.7 Å². The van der Waals surface area contributed by atoms with Crippen LogP contribution in [0.4, 0.5) is 0 Å². The maximum Gasteiger partial charge on any atom is 0.326 e. The van der Waals surface area contributed by atoms with Gasteiger partial charge in [-0.05, 0) is 30.9 Å². The van der Waals surface area contributed by atoms with Crippen LogP contribution in [0.2, 0.25) is 0 Å². The molecule has 5 nitrogen and oxygen atoms in total. The third-order valence-corrected chi connectivity index (χ3v) is 4.14. The molecule has 0 fully saturated rings. The standard InChI is InChI=1S/C15H19NO4S/c1-21-9-7-12(15(18)19)16-14(17)11-6-8-20-13-5-3-2-4-10(11)13/h2-5,11-12H,6-9H2,1H3,(H,16,17)(H,18,19)/t11?,12-/m0/s1. The number of thioether (sulfide) groups is 1. The lowest BCUT2D eigenvalue weighted by atomic mass is 9.92. The average molecular weight is 309 g/mol. The molecular weight excluding hydrogens is 290 g/mol. The molecule has 1 aromatic carbocycles. The summed E-state index contributed by atoms with van der Waals surface area (Å²) in [5, 5.41) is 11.8. The number of benzene rings is 1. The molecular formula is C15H19NO4S. The molecule has 1 aliphatic heterocycles. The quantitative estimate of drug-likeness (QED) is 0.839. The second-order valence-corrected chi connectivity index (χ2v) is 5.89. The fourth-order valence-corrected chi connectivity index (χ4v) is 2.85. The Balaban J connectivity index is 2.08. The Morgan fingerprint density at radius 3 is 2.95 bits per heavy atom. The molecule has 1 amide bonds. The maximum atomic E-state index is 12.4. The van der Waals surface area contributed by atoms with Crippen LogP contribution in [0.3, 0.4) is 0 Å². The molecule has 0 bridgehead atoms. The van der Waals surface area contributed by atoms with Gasteiger partial charge >= 0.3 is 5.97 Å². The normalized spacial score (nSPS) is 18.2. The number of hydrogen-bond acceptors (Lipinski definition) is 4. The molecule has 21 heavy (non-hydrogen) atoms. The van der Waals surface area contributed by atoms with Crippen molar-refractivity contribution in [3.05, 3.63) is 29.8 Å². The zero-order chi connectivity index (χ0) is 15.2. The highest BCUT2D eigenvalue weighted by molar-refractivity contribution is 7.98. The average Bonchev–Trinajstić information content (AvgIpc) is 2.50. The van der Waals surface area contributed by atoms with E-state index in [4.69, 9.17) is 4.74 Å². The molecule has 0 saturated carbocycles. The molecule has 2 N–H and O–H groups in total. The van der Waals surface area contributed by atoms with E-state index in [1.165, 1.54) is 0 Å². The van der Waals surface area contributed by atoms with Gasteiger partial charge in [-0.1, -0.05) is 18.2 Å². The minimum absolute atomic E-state index is 0.237. The summed E-state index contributed by atoms with van der Waals surface area (Å²) in [6.07, 6.45) is 2.90. The van der Waals surface area contributed by atoms with E-state index in [1.807, 2.05) is 30.5 Å². The number of amides is 1. The summed E-state index contributed by atoms with van der Waals surface area (Å²) in [4.78, 5) is 23.6. The monoisotopic (exact) mass is 309 g/mol. The Hall–Kier alpha value is -1.69. The lowest BCUT2D eigenvalue weighted by Crippen LogP contribution is -2.44. The van der Waals surface area contributed by atoms with Crippen molar-refractivity contribution >= 4 is 23.6 Å². The lowest BCUT2D eigenvalue weighted by molar-refractivity contribution is -0.142. The van der Waals surface area contributed by atoms with E-state index in [2.05, 4.69) is 5.32 Å². The van der Waals surface area contributed by atoms with Gasteiger partial charge in [0, 0.05) is 5.56 Å². The molecule has 0 spiro atoms. The highest BCUT2D eigenvalue weighted by atomic mass is 32.2. The van der Waals surface area contributed by atoms with Crippen molar-refractivity contribution in [1.82, 2.24) is 5.32 Å². The van der Waals surface area contributed by atoms with Crippen LogP contribution in [0.1, 0.15) is 24.3 Å². The van der Waals surface area contributed by atoms with Gasteiger partial charge in [0.2, 0.25) is 5.91 Å². The van der Waals surface area contributed by atoms with Gasteiger partial charge in [0.25, 0.3) is 0 Å². The largest absolute Gasteiger partial charge is 0.493 e.